The molecule has 0 aromatic carbocycles. The number of ketones is 1. The fourth-order valence-corrected chi connectivity index (χ4v) is 3.22. The first-order chi connectivity index (χ1) is 11.7. The zero-order valence-electron chi connectivity index (χ0n) is 12.6. The Morgan fingerprint density at radius 2 is 2.12 bits per heavy atom. The van der Waals surface area contributed by atoms with Gasteiger partial charge in [-0.05, 0) is 37.1 Å². The number of carbonyl (C=O) groups excluding carboxylic acids is 2. The third-order valence-electron chi connectivity index (χ3n) is 3.69. The summed E-state index contributed by atoms with van der Waals surface area (Å²) < 4.78 is 5.39. The molecule has 4 rings (SSSR count). The van der Waals surface area contributed by atoms with Crippen molar-refractivity contribution in [1.29, 1.82) is 0 Å². The number of hydrogen-bond acceptors (Lipinski definition) is 6. The first kappa shape index (κ1) is 14.8. The van der Waals surface area contributed by atoms with Gasteiger partial charge in [0.1, 0.15) is 10.6 Å². The summed E-state index contributed by atoms with van der Waals surface area (Å²) in [5.41, 5.74) is 0.902. The monoisotopic (exact) mass is 339 g/mol. The quantitative estimate of drug-likeness (QED) is 0.720. The maximum Gasteiger partial charge on any atom is 0.229 e. The zero-order chi connectivity index (χ0) is 16.5. The molecule has 0 aliphatic heterocycles. The van der Waals surface area contributed by atoms with E-state index in [-0.39, 0.29) is 17.6 Å². The number of rotatable bonds is 5. The summed E-state index contributed by atoms with van der Waals surface area (Å²) in [4.78, 5) is 33.5. The third kappa shape index (κ3) is 2.85. The topological polar surface area (TPSA) is 85.1 Å². The highest BCUT2D eigenvalue weighted by atomic mass is 32.1. The highest BCUT2D eigenvalue weighted by molar-refractivity contribution is 7.18. The number of nitrogens with zero attached hydrogens (tertiary/aromatic N) is 2. The van der Waals surface area contributed by atoms with Gasteiger partial charge in [0.2, 0.25) is 11.7 Å². The van der Waals surface area contributed by atoms with Gasteiger partial charge >= 0.3 is 0 Å². The largest absolute Gasteiger partial charge is 0.463 e. The SMILES string of the molecule is O=C(c1cccnc1)c1sc(NC(=O)C2CC2)nc1-c1ccco1. The molecular weight excluding hydrogens is 326 g/mol. The van der Waals surface area contributed by atoms with Gasteiger partial charge < -0.3 is 9.73 Å². The van der Waals surface area contributed by atoms with E-state index in [9.17, 15) is 9.59 Å². The van der Waals surface area contributed by atoms with E-state index in [1.54, 1.807) is 30.5 Å². The van der Waals surface area contributed by atoms with Crippen LogP contribution in [0.2, 0.25) is 0 Å². The predicted octanol–water partition coefficient (Wildman–Crippen LogP) is 3.38. The molecule has 1 aliphatic rings. The molecule has 7 heteroatoms. The standard InChI is InChI=1S/C17H13N3O3S/c21-14(11-3-1-7-18-9-11)15-13(12-4-2-8-23-12)19-17(24-15)20-16(22)10-5-6-10/h1-4,7-10H,5-6H2,(H,19,20,22). The minimum Gasteiger partial charge on any atom is -0.463 e. The summed E-state index contributed by atoms with van der Waals surface area (Å²) in [6.45, 7) is 0. The molecule has 3 heterocycles. The Labute approximate surface area is 141 Å². The molecule has 1 aliphatic carbocycles. The molecule has 0 unspecified atom stereocenters. The first-order valence-electron chi connectivity index (χ1n) is 7.52. The second-order valence-electron chi connectivity index (χ2n) is 5.51. The summed E-state index contributed by atoms with van der Waals surface area (Å²) in [5.74, 6) is 0.317. The van der Waals surface area contributed by atoms with Crippen LogP contribution in [0.3, 0.4) is 0 Å². The number of thiazole rings is 1. The summed E-state index contributed by atoms with van der Waals surface area (Å²) >= 11 is 1.15. The van der Waals surface area contributed by atoms with Crippen molar-refractivity contribution in [2.45, 2.75) is 12.8 Å². The lowest BCUT2D eigenvalue weighted by Gasteiger charge is -1.99. The fraction of sp³-hybridized carbons (Fsp3) is 0.176. The fourth-order valence-electron chi connectivity index (χ4n) is 2.29. The molecule has 24 heavy (non-hydrogen) atoms. The maximum atomic E-state index is 12.8. The normalized spacial score (nSPS) is 13.7. The summed E-state index contributed by atoms with van der Waals surface area (Å²) in [7, 11) is 0. The molecule has 0 spiro atoms. The second kappa shape index (κ2) is 6.01. The Morgan fingerprint density at radius 3 is 2.79 bits per heavy atom. The van der Waals surface area contributed by atoms with E-state index in [2.05, 4.69) is 15.3 Å². The first-order valence-corrected chi connectivity index (χ1v) is 8.34. The van der Waals surface area contributed by atoms with Gasteiger partial charge in [0.25, 0.3) is 0 Å². The third-order valence-corrected chi connectivity index (χ3v) is 4.66. The van der Waals surface area contributed by atoms with Gasteiger partial charge in [0, 0.05) is 23.9 Å². The Kier molecular flexibility index (Phi) is 3.70. The summed E-state index contributed by atoms with van der Waals surface area (Å²) in [6.07, 6.45) is 6.46. The molecule has 1 saturated carbocycles. The lowest BCUT2D eigenvalue weighted by molar-refractivity contribution is -0.117. The maximum absolute atomic E-state index is 12.8. The number of anilines is 1. The predicted molar refractivity (Wildman–Crippen MR) is 88.8 cm³/mol. The number of furan rings is 1. The van der Waals surface area contributed by atoms with Crippen LogP contribution in [0.5, 0.6) is 0 Å². The number of hydrogen-bond donors (Lipinski definition) is 1. The van der Waals surface area contributed by atoms with Crippen molar-refractivity contribution < 1.29 is 14.0 Å². The van der Waals surface area contributed by atoms with Crippen molar-refractivity contribution in [1.82, 2.24) is 9.97 Å². The average molecular weight is 339 g/mol. The Bertz CT molecular complexity index is 883. The molecule has 0 atom stereocenters. The van der Waals surface area contributed by atoms with Crippen LogP contribution in [0.1, 0.15) is 28.1 Å². The molecule has 3 aromatic rings. The molecule has 1 fully saturated rings. The molecule has 0 radical (unpaired) electrons. The van der Waals surface area contributed by atoms with Crippen LogP contribution >= 0.6 is 11.3 Å². The Balaban J connectivity index is 1.72. The van der Waals surface area contributed by atoms with Crippen molar-refractivity contribution in [2.24, 2.45) is 5.92 Å². The number of carbonyl (C=O) groups is 2. The van der Waals surface area contributed by atoms with Gasteiger partial charge in [-0.15, -0.1) is 0 Å². The summed E-state index contributed by atoms with van der Waals surface area (Å²) in [6, 6.07) is 6.87. The van der Waals surface area contributed by atoms with Crippen LogP contribution in [0.4, 0.5) is 5.13 Å². The Morgan fingerprint density at radius 1 is 1.25 bits per heavy atom. The highest BCUT2D eigenvalue weighted by Crippen LogP contribution is 2.35. The number of nitrogens with one attached hydrogen (secondary N) is 1. The van der Waals surface area contributed by atoms with E-state index in [0.717, 1.165) is 24.2 Å². The van der Waals surface area contributed by atoms with Crippen LogP contribution in [0, 0.1) is 5.92 Å². The number of pyridine rings is 1. The lowest BCUT2D eigenvalue weighted by Crippen LogP contribution is -2.12. The van der Waals surface area contributed by atoms with E-state index < -0.39 is 0 Å². The van der Waals surface area contributed by atoms with Gasteiger partial charge in [-0.1, -0.05) is 11.3 Å². The van der Waals surface area contributed by atoms with Crippen molar-refractivity contribution in [3.8, 4) is 11.5 Å². The van der Waals surface area contributed by atoms with Crippen LogP contribution in [0.25, 0.3) is 11.5 Å². The van der Waals surface area contributed by atoms with Crippen LogP contribution < -0.4 is 5.32 Å². The van der Waals surface area contributed by atoms with Gasteiger partial charge in [-0.3, -0.25) is 14.6 Å². The molecule has 6 nitrogen and oxygen atoms in total. The van der Waals surface area contributed by atoms with Crippen LogP contribution in [0.15, 0.2) is 47.3 Å². The lowest BCUT2D eigenvalue weighted by atomic mass is 10.1. The van der Waals surface area contributed by atoms with E-state index in [1.165, 1.54) is 12.5 Å². The van der Waals surface area contributed by atoms with E-state index in [1.807, 2.05) is 0 Å². The molecule has 0 bridgehead atoms. The smallest absolute Gasteiger partial charge is 0.229 e. The van der Waals surface area contributed by atoms with Crippen molar-refractivity contribution in [2.75, 3.05) is 5.32 Å². The molecule has 3 aromatic heterocycles. The van der Waals surface area contributed by atoms with E-state index in [0.29, 0.717) is 27.0 Å². The van der Waals surface area contributed by atoms with Gasteiger partial charge in [0.15, 0.2) is 10.9 Å². The van der Waals surface area contributed by atoms with E-state index >= 15 is 0 Å². The molecule has 1 N–H and O–H groups in total. The second-order valence-corrected chi connectivity index (χ2v) is 6.51. The van der Waals surface area contributed by atoms with Gasteiger partial charge in [0.05, 0.1) is 6.26 Å². The molecule has 120 valence electrons. The van der Waals surface area contributed by atoms with Crippen LogP contribution in [-0.4, -0.2) is 21.7 Å². The van der Waals surface area contributed by atoms with E-state index in [4.69, 9.17) is 4.42 Å². The molecular formula is C17H13N3O3S. The van der Waals surface area contributed by atoms with Crippen molar-refractivity contribution >= 4 is 28.2 Å². The number of aromatic nitrogens is 2. The number of amides is 1. The van der Waals surface area contributed by atoms with Gasteiger partial charge in [-0.25, -0.2) is 4.98 Å². The highest BCUT2D eigenvalue weighted by Gasteiger charge is 2.31. The average Bonchev–Trinajstić information content (AvgIpc) is 3.16. The zero-order valence-corrected chi connectivity index (χ0v) is 13.4. The molecule has 1 amide bonds. The molecule has 0 saturated heterocycles. The minimum atomic E-state index is -0.195. The Hall–Kier alpha value is -2.80. The van der Waals surface area contributed by atoms with Gasteiger partial charge in [-0.2, -0.15) is 0 Å². The van der Waals surface area contributed by atoms with Crippen molar-refractivity contribution in [3.05, 3.63) is 53.4 Å². The minimum absolute atomic E-state index is 0.0462. The van der Waals surface area contributed by atoms with Crippen LogP contribution in [-0.2, 0) is 4.79 Å². The van der Waals surface area contributed by atoms with Crippen molar-refractivity contribution in [3.63, 3.8) is 0 Å². The summed E-state index contributed by atoms with van der Waals surface area (Å²) in [5, 5.41) is 3.20.